The SMILES string of the molecule is OC[C@H]1[C@@H](c2ccc(-c3ccc(F)cc3)cc2)[C@H]2CN(CCC(F)(F)F)CCCCN21. The Morgan fingerprint density at radius 2 is 1.52 bits per heavy atom. The summed E-state index contributed by atoms with van der Waals surface area (Å²) in [6.45, 7) is 2.18. The number of aliphatic hydroxyl groups is 1. The normalized spacial score (nSPS) is 25.4. The second kappa shape index (κ2) is 9.27. The largest absolute Gasteiger partial charge is 0.395 e. The summed E-state index contributed by atoms with van der Waals surface area (Å²) in [6.07, 6.45) is -3.15. The van der Waals surface area contributed by atoms with Crippen LogP contribution < -0.4 is 0 Å². The molecule has 31 heavy (non-hydrogen) atoms. The average molecular weight is 436 g/mol. The van der Waals surface area contributed by atoms with Gasteiger partial charge in [0.15, 0.2) is 0 Å². The molecule has 0 spiro atoms. The van der Waals surface area contributed by atoms with E-state index in [9.17, 15) is 22.7 Å². The molecule has 7 heteroatoms. The molecule has 2 aliphatic rings. The Labute approximate surface area is 180 Å². The van der Waals surface area contributed by atoms with Gasteiger partial charge in [0.25, 0.3) is 0 Å². The molecule has 2 aliphatic heterocycles. The monoisotopic (exact) mass is 436 g/mol. The van der Waals surface area contributed by atoms with Crippen molar-refractivity contribution in [1.29, 1.82) is 0 Å². The Bertz CT molecular complexity index is 853. The Hall–Kier alpha value is -1.96. The second-order valence-electron chi connectivity index (χ2n) is 8.58. The number of alkyl halides is 3. The fraction of sp³-hybridized carbons (Fsp3) is 0.500. The summed E-state index contributed by atoms with van der Waals surface area (Å²) in [6, 6.07) is 14.5. The maximum absolute atomic E-state index is 13.2. The maximum atomic E-state index is 13.2. The fourth-order valence-electron chi connectivity index (χ4n) is 5.04. The van der Waals surface area contributed by atoms with Gasteiger partial charge < -0.3 is 10.0 Å². The summed E-state index contributed by atoms with van der Waals surface area (Å²) < 4.78 is 51.4. The number of fused-ring (bicyclic) bond motifs is 1. The lowest BCUT2D eigenvalue weighted by Gasteiger charge is -2.57. The number of hydrogen-bond acceptors (Lipinski definition) is 3. The molecule has 1 N–H and O–H groups in total. The smallest absolute Gasteiger partial charge is 0.390 e. The van der Waals surface area contributed by atoms with Crippen LogP contribution in [-0.4, -0.2) is 66.0 Å². The highest BCUT2D eigenvalue weighted by Gasteiger charge is 2.49. The summed E-state index contributed by atoms with van der Waals surface area (Å²) in [7, 11) is 0. The third kappa shape index (κ3) is 5.10. The zero-order valence-corrected chi connectivity index (χ0v) is 17.4. The number of halogens is 4. The molecule has 2 fully saturated rings. The van der Waals surface area contributed by atoms with Crippen molar-refractivity contribution in [2.75, 3.05) is 32.8 Å². The zero-order chi connectivity index (χ0) is 22.0. The Balaban J connectivity index is 1.51. The highest BCUT2D eigenvalue weighted by molar-refractivity contribution is 5.63. The van der Waals surface area contributed by atoms with Crippen LogP contribution in [0.2, 0.25) is 0 Å². The van der Waals surface area contributed by atoms with Gasteiger partial charge in [0, 0.05) is 31.1 Å². The summed E-state index contributed by atoms with van der Waals surface area (Å²) in [5.74, 6) is -0.196. The van der Waals surface area contributed by atoms with Crippen molar-refractivity contribution in [3.05, 3.63) is 59.9 Å². The lowest BCUT2D eigenvalue weighted by Crippen LogP contribution is -2.67. The predicted octanol–water partition coefficient (Wildman–Crippen LogP) is 4.67. The first kappa shape index (κ1) is 22.2. The molecule has 0 aliphatic carbocycles. The first-order chi connectivity index (χ1) is 14.9. The van der Waals surface area contributed by atoms with Crippen LogP contribution in [0, 0.1) is 5.82 Å². The summed E-state index contributed by atoms with van der Waals surface area (Å²) in [5.41, 5.74) is 2.98. The Morgan fingerprint density at radius 1 is 0.903 bits per heavy atom. The van der Waals surface area contributed by atoms with E-state index in [2.05, 4.69) is 4.90 Å². The van der Waals surface area contributed by atoms with Crippen LogP contribution in [0.15, 0.2) is 48.5 Å². The van der Waals surface area contributed by atoms with Crippen molar-refractivity contribution in [2.45, 2.75) is 43.4 Å². The minimum atomic E-state index is -4.15. The van der Waals surface area contributed by atoms with Crippen molar-refractivity contribution in [3.63, 3.8) is 0 Å². The van der Waals surface area contributed by atoms with Gasteiger partial charge in [-0.2, -0.15) is 13.2 Å². The van der Waals surface area contributed by atoms with Crippen molar-refractivity contribution in [3.8, 4) is 11.1 Å². The third-order valence-corrected chi connectivity index (χ3v) is 6.64. The van der Waals surface area contributed by atoms with E-state index in [0.717, 1.165) is 36.1 Å². The molecule has 168 valence electrons. The zero-order valence-electron chi connectivity index (χ0n) is 17.4. The van der Waals surface area contributed by atoms with E-state index >= 15 is 0 Å². The minimum Gasteiger partial charge on any atom is -0.395 e. The highest BCUT2D eigenvalue weighted by Crippen LogP contribution is 2.42. The number of benzene rings is 2. The van der Waals surface area contributed by atoms with E-state index in [1.165, 1.54) is 12.1 Å². The lowest BCUT2D eigenvalue weighted by molar-refractivity contribution is -0.140. The predicted molar refractivity (Wildman–Crippen MR) is 112 cm³/mol. The molecule has 4 rings (SSSR count). The Morgan fingerprint density at radius 3 is 2.13 bits per heavy atom. The van der Waals surface area contributed by atoms with Crippen molar-refractivity contribution in [1.82, 2.24) is 9.80 Å². The molecule has 0 amide bonds. The van der Waals surface area contributed by atoms with Gasteiger partial charge in [-0.25, -0.2) is 4.39 Å². The standard InChI is InChI=1S/C24H28F4N2O/c25-20-9-7-18(8-10-20)17-3-5-19(6-4-17)23-21-15-29(14-11-24(26,27)28)12-1-2-13-30(21)22(23)16-31/h3-10,21-23,31H,1-2,11-16H2/t21-,22+,23+/m1/s1. The van der Waals surface area contributed by atoms with E-state index in [-0.39, 0.29) is 37.0 Å². The molecular formula is C24H28F4N2O. The molecule has 0 radical (unpaired) electrons. The van der Waals surface area contributed by atoms with Crippen LogP contribution in [0.4, 0.5) is 17.6 Å². The molecule has 0 saturated carbocycles. The number of aliphatic hydroxyl groups excluding tert-OH is 1. The van der Waals surface area contributed by atoms with Crippen LogP contribution in [0.25, 0.3) is 11.1 Å². The number of rotatable bonds is 5. The van der Waals surface area contributed by atoms with E-state index in [1.807, 2.05) is 29.2 Å². The molecule has 0 unspecified atom stereocenters. The van der Waals surface area contributed by atoms with Crippen molar-refractivity contribution >= 4 is 0 Å². The molecule has 3 atom stereocenters. The highest BCUT2D eigenvalue weighted by atomic mass is 19.4. The summed E-state index contributed by atoms with van der Waals surface area (Å²) in [5, 5.41) is 10.0. The average Bonchev–Trinajstić information content (AvgIpc) is 2.72. The Kier molecular flexibility index (Phi) is 6.65. The molecule has 2 aromatic rings. The fourth-order valence-corrected chi connectivity index (χ4v) is 5.04. The van der Waals surface area contributed by atoms with Gasteiger partial charge in [-0.05, 0) is 54.8 Å². The van der Waals surface area contributed by atoms with Crippen LogP contribution in [0.5, 0.6) is 0 Å². The molecular weight excluding hydrogens is 408 g/mol. The van der Waals surface area contributed by atoms with Gasteiger partial charge in [-0.15, -0.1) is 0 Å². The van der Waals surface area contributed by atoms with Crippen LogP contribution in [-0.2, 0) is 0 Å². The second-order valence-corrected chi connectivity index (χ2v) is 8.58. The molecule has 2 heterocycles. The summed E-state index contributed by atoms with van der Waals surface area (Å²) in [4.78, 5) is 4.19. The molecule has 0 aromatic heterocycles. The molecule has 2 saturated heterocycles. The van der Waals surface area contributed by atoms with Gasteiger partial charge in [0.2, 0.25) is 0 Å². The third-order valence-electron chi connectivity index (χ3n) is 6.64. The van der Waals surface area contributed by atoms with Gasteiger partial charge in [0.1, 0.15) is 5.82 Å². The van der Waals surface area contributed by atoms with Crippen molar-refractivity contribution < 1.29 is 22.7 Å². The molecule has 0 bridgehead atoms. The van der Waals surface area contributed by atoms with Crippen LogP contribution in [0.1, 0.15) is 30.7 Å². The van der Waals surface area contributed by atoms with E-state index in [4.69, 9.17) is 0 Å². The quantitative estimate of drug-likeness (QED) is 0.690. The number of nitrogens with zero attached hydrogens (tertiary/aromatic N) is 2. The van der Waals surface area contributed by atoms with Gasteiger partial charge >= 0.3 is 6.18 Å². The van der Waals surface area contributed by atoms with E-state index < -0.39 is 12.6 Å². The molecule has 2 aromatic carbocycles. The van der Waals surface area contributed by atoms with E-state index in [0.29, 0.717) is 13.1 Å². The van der Waals surface area contributed by atoms with Crippen molar-refractivity contribution in [2.24, 2.45) is 0 Å². The maximum Gasteiger partial charge on any atom is 0.390 e. The number of hydrogen-bond donors (Lipinski definition) is 1. The van der Waals surface area contributed by atoms with Crippen LogP contribution in [0.3, 0.4) is 0 Å². The topological polar surface area (TPSA) is 26.7 Å². The first-order valence-corrected chi connectivity index (χ1v) is 10.9. The van der Waals surface area contributed by atoms with E-state index in [1.54, 1.807) is 12.1 Å². The van der Waals surface area contributed by atoms with Crippen LogP contribution >= 0.6 is 0 Å². The lowest BCUT2D eigenvalue weighted by atomic mass is 9.74. The van der Waals surface area contributed by atoms with Gasteiger partial charge in [-0.1, -0.05) is 36.4 Å². The van der Waals surface area contributed by atoms with Gasteiger partial charge in [0.05, 0.1) is 13.0 Å². The molecule has 3 nitrogen and oxygen atoms in total. The summed E-state index contributed by atoms with van der Waals surface area (Å²) >= 11 is 0. The van der Waals surface area contributed by atoms with Gasteiger partial charge in [-0.3, -0.25) is 4.90 Å². The first-order valence-electron chi connectivity index (χ1n) is 10.9. The minimum absolute atomic E-state index is 0.00997.